The zero-order valence-corrected chi connectivity index (χ0v) is 19.3. The van der Waals surface area contributed by atoms with Gasteiger partial charge in [-0.15, -0.1) is 0 Å². The summed E-state index contributed by atoms with van der Waals surface area (Å²) in [5.41, 5.74) is 7.33. The molecule has 0 atom stereocenters. The van der Waals surface area contributed by atoms with Gasteiger partial charge in [0.2, 0.25) is 0 Å². The summed E-state index contributed by atoms with van der Waals surface area (Å²) in [5.74, 6) is 0.782. The molecule has 5 aromatic rings. The van der Waals surface area contributed by atoms with Gasteiger partial charge in [-0.05, 0) is 42.4 Å². The maximum atomic E-state index is 5.89. The van der Waals surface area contributed by atoms with Crippen molar-refractivity contribution in [1.29, 1.82) is 0 Å². The standard InChI is InChI=1S/C27H28N6O/c1-32-11-13-33(14-12-32)21-8-10-23-25(16-21)29-27(28-23)26-22-9-7-20(15-24(22)30-31-26)18-34-17-19-5-3-2-4-6-19/h2-10,15-16H,11-14,17-18H2,1H3,(H,28,29)(H,30,31). The highest BCUT2D eigenvalue weighted by atomic mass is 16.5. The number of aromatic amines is 2. The molecule has 0 radical (unpaired) electrons. The molecule has 1 fully saturated rings. The van der Waals surface area contributed by atoms with Crippen LogP contribution in [0.4, 0.5) is 5.69 Å². The molecule has 3 aromatic carbocycles. The fourth-order valence-corrected chi connectivity index (χ4v) is 4.57. The van der Waals surface area contributed by atoms with E-state index < -0.39 is 0 Å². The first-order chi connectivity index (χ1) is 16.7. The molecule has 7 nitrogen and oxygen atoms in total. The van der Waals surface area contributed by atoms with Gasteiger partial charge in [-0.25, -0.2) is 4.98 Å². The number of imidazole rings is 1. The first kappa shape index (κ1) is 20.9. The molecule has 0 unspecified atom stereocenters. The van der Waals surface area contributed by atoms with Crippen LogP contribution in [0.3, 0.4) is 0 Å². The summed E-state index contributed by atoms with van der Waals surface area (Å²) in [6.07, 6.45) is 0. The average molecular weight is 453 g/mol. The zero-order valence-electron chi connectivity index (χ0n) is 19.3. The molecule has 1 aliphatic heterocycles. The summed E-state index contributed by atoms with van der Waals surface area (Å²) >= 11 is 0. The lowest BCUT2D eigenvalue weighted by molar-refractivity contribution is 0.107. The summed E-state index contributed by atoms with van der Waals surface area (Å²) in [7, 11) is 2.18. The minimum Gasteiger partial charge on any atom is -0.372 e. The summed E-state index contributed by atoms with van der Waals surface area (Å²) < 4.78 is 5.89. The number of benzene rings is 3. The Labute approximate surface area is 198 Å². The zero-order chi connectivity index (χ0) is 22.9. The van der Waals surface area contributed by atoms with Crippen LogP contribution in [0.25, 0.3) is 33.5 Å². The van der Waals surface area contributed by atoms with E-state index in [0.29, 0.717) is 13.2 Å². The first-order valence-electron chi connectivity index (χ1n) is 11.8. The number of H-pyrrole nitrogens is 2. The second kappa shape index (κ2) is 8.93. The van der Waals surface area contributed by atoms with Crippen molar-refractivity contribution in [3.05, 3.63) is 77.9 Å². The third-order valence-electron chi connectivity index (χ3n) is 6.57. The Morgan fingerprint density at radius 3 is 2.53 bits per heavy atom. The van der Waals surface area contributed by atoms with E-state index in [9.17, 15) is 0 Å². The number of fused-ring (bicyclic) bond motifs is 2. The SMILES string of the molecule is CN1CCN(c2ccc3nc(-c4n[nH]c5cc(COCc6ccccc6)ccc45)[nH]c3c2)CC1. The highest BCUT2D eigenvalue weighted by Crippen LogP contribution is 2.29. The second-order valence-corrected chi connectivity index (χ2v) is 9.01. The van der Waals surface area contributed by atoms with Gasteiger partial charge in [0.25, 0.3) is 0 Å². The molecule has 0 bridgehead atoms. The molecule has 0 spiro atoms. The number of hydrogen-bond acceptors (Lipinski definition) is 5. The number of ether oxygens (including phenoxy) is 1. The van der Waals surface area contributed by atoms with Gasteiger partial charge in [0.15, 0.2) is 5.82 Å². The smallest absolute Gasteiger partial charge is 0.159 e. The van der Waals surface area contributed by atoms with Gasteiger partial charge in [0.05, 0.1) is 29.8 Å². The highest BCUT2D eigenvalue weighted by molar-refractivity contribution is 5.93. The molecule has 3 heterocycles. The van der Waals surface area contributed by atoms with Crippen LogP contribution in [0.5, 0.6) is 0 Å². The van der Waals surface area contributed by atoms with Crippen molar-refractivity contribution in [1.82, 2.24) is 25.1 Å². The van der Waals surface area contributed by atoms with Crippen molar-refractivity contribution >= 4 is 27.6 Å². The number of anilines is 1. The van der Waals surface area contributed by atoms with Gasteiger partial charge in [-0.3, -0.25) is 5.10 Å². The van der Waals surface area contributed by atoms with Crippen molar-refractivity contribution in [2.45, 2.75) is 13.2 Å². The number of likely N-dealkylation sites (N-methyl/N-ethyl adjacent to an activating group) is 1. The normalized spacial score (nSPS) is 14.9. The lowest BCUT2D eigenvalue weighted by atomic mass is 10.1. The summed E-state index contributed by atoms with van der Waals surface area (Å²) in [6, 6.07) is 23.0. The third-order valence-corrected chi connectivity index (χ3v) is 6.57. The van der Waals surface area contributed by atoms with E-state index in [1.54, 1.807) is 0 Å². The van der Waals surface area contributed by atoms with Crippen LogP contribution in [0.15, 0.2) is 66.7 Å². The van der Waals surface area contributed by atoms with Crippen molar-refractivity contribution in [3.8, 4) is 11.5 Å². The predicted octanol–water partition coefficient (Wildman–Crippen LogP) is 4.57. The van der Waals surface area contributed by atoms with Gasteiger partial charge in [-0.1, -0.05) is 42.5 Å². The van der Waals surface area contributed by atoms with Gasteiger partial charge >= 0.3 is 0 Å². The van der Waals surface area contributed by atoms with Crippen molar-refractivity contribution in [2.75, 3.05) is 38.1 Å². The maximum Gasteiger partial charge on any atom is 0.159 e. The first-order valence-corrected chi connectivity index (χ1v) is 11.8. The number of hydrogen-bond donors (Lipinski definition) is 2. The van der Waals surface area contributed by atoms with Gasteiger partial charge in [-0.2, -0.15) is 5.10 Å². The molecule has 1 saturated heterocycles. The lowest BCUT2D eigenvalue weighted by Gasteiger charge is -2.34. The lowest BCUT2D eigenvalue weighted by Crippen LogP contribution is -2.44. The maximum absolute atomic E-state index is 5.89. The number of nitrogens with one attached hydrogen (secondary N) is 2. The minimum absolute atomic E-state index is 0.554. The molecule has 0 amide bonds. The molecule has 34 heavy (non-hydrogen) atoms. The third kappa shape index (κ3) is 4.16. The van der Waals surface area contributed by atoms with E-state index in [1.165, 1.54) is 11.3 Å². The Balaban J connectivity index is 1.20. The summed E-state index contributed by atoms with van der Waals surface area (Å²) in [5, 5.41) is 8.79. The Morgan fingerprint density at radius 2 is 1.68 bits per heavy atom. The Kier molecular flexibility index (Phi) is 5.49. The van der Waals surface area contributed by atoms with Crippen LogP contribution in [-0.4, -0.2) is 58.3 Å². The summed E-state index contributed by atoms with van der Waals surface area (Å²) in [4.78, 5) is 13.1. The van der Waals surface area contributed by atoms with Gasteiger partial charge < -0.3 is 19.5 Å². The molecule has 0 aliphatic carbocycles. The topological polar surface area (TPSA) is 73.1 Å². The van der Waals surface area contributed by atoms with E-state index in [1.807, 2.05) is 18.2 Å². The largest absolute Gasteiger partial charge is 0.372 e. The quantitative estimate of drug-likeness (QED) is 0.395. The summed E-state index contributed by atoms with van der Waals surface area (Å²) in [6.45, 7) is 5.42. The Bertz CT molecular complexity index is 1420. The minimum atomic E-state index is 0.554. The predicted molar refractivity (Wildman–Crippen MR) is 136 cm³/mol. The van der Waals surface area contributed by atoms with Crippen molar-refractivity contribution in [3.63, 3.8) is 0 Å². The Hall–Kier alpha value is -3.68. The van der Waals surface area contributed by atoms with Crippen LogP contribution >= 0.6 is 0 Å². The van der Waals surface area contributed by atoms with Gasteiger partial charge in [0, 0.05) is 37.3 Å². The second-order valence-electron chi connectivity index (χ2n) is 9.01. The van der Waals surface area contributed by atoms with E-state index in [4.69, 9.17) is 9.72 Å². The van der Waals surface area contributed by atoms with Crippen molar-refractivity contribution < 1.29 is 4.74 Å². The molecule has 172 valence electrons. The van der Waals surface area contributed by atoms with Crippen LogP contribution in [0, 0.1) is 0 Å². The molecular formula is C27H28N6O. The van der Waals surface area contributed by atoms with Crippen LogP contribution in [-0.2, 0) is 18.0 Å². The number of rotatable bonds is 6. The average Bonchev–Trinajstić information content (AvgIpc) is 3.48. The molecule has 2 N–H and O–H groups in total. The van der Waals surface area contributed by atoms with Crippen LogP contribution < -0.4 is 4.90 Å². The van der Waals surface area contributed by atoms with Crippen LogP contribution in [0.2, 0.25) is 0 Å². The highest BCUT2D eigenvalue weighted by Gasteiger charge is 2.17. The number of aromatic nitrogens is 4. The van der Waals surface area contributed by atoms with E-state index in [-0.39, 0.29) is 0 Å². The van der Waals surface area contributed by atoms with E-state index >= 15 is 0 Å². The fourth-order valence-electron chi connectivity index (χ4n) is 4.57. The fraction of sp³-hybridized carbons (Fsp3) is 0.259. The Morgan fingerprint density at radius 1 is 0.853 bits per heavy atom. The molecule has 1 aliphatic rings. The molecular weight excluding hydrogens is 424 g/mol. The molecule has 7 heteroatoms. The van der Waals surface area contributed by atoms with E-state index in [0.717, 1.165) is 65.2 Å². The van der Waals surface area contributed by atoms with E-state index in [2.05, 4.69) is 80.6 Å². The molecule has 2 aromatic heterocycles. The monoisotopic (exact) mass is 452 g/mol. The van der Waals surface area contributed by atoms with Crippen LogP contribution in [0.1, 0.15) is 11.1 Å². The number of nitrogens with zero attached hydrogens (tertiary/aromatic N) is 4. The molecule has 0 saturated carbocycles. The molecule has 6 rings (SSSR count). The number of piperazine rings is 1. The van der Waals surface area contributed by atoms with Crippen molar-refractivity contribution in [2.24, 2.45) is 0 Å². The van der Waals surface area contributed by atoms with Gasteiger partial charge in [0.1, 0.15) is 5.69 Å².